The molecule has 21 heavy (non-hydrogen) atoms. The van der Waals surface area contributed by atoms with Crippen molar-refractivity contribution in [1.29, 1.82) is 0 Å². The maximum Gasteiger partial charge on any atom is 0.163 e. The summed E-state index contributed by atoms with van der Waals surface area (Å²) in [5, 5.41) is 28.6. The highest BCUT2D eigenvalue weighted by Gasteiger charge is 2.30. The van der Waals surface area contributed by atoms with Crippen LogP contribution < -0.4 is 4.74 Å². The van der Waals surface area contributed by atoms with Crippen LogP contribution in [0.15, 0.2) is 24.3 Å². The number of hydrogen-bond acceptors (Lipinski definition) is 6. The summed E-state index contributed by atoms with van der Waals surface area (Å²) in [4.78, 5) is 23.1. The zero-order valence-electron chi connectivity index (χ0n) is 12.0. The SMILES string of the molecule is COc1ccc(C(=O)C[C@H](C=O)[C@H](O)[C@H](O)[C@H](C)O)cc1. The second-order valence-electron chi connectivity index (χ2n) is 4.88. The van der Waals surface area contributed by atoms with Crippen molar-refractivity contribution >= 4 is 12.1 Å². The Morgan fingerprint density at radius 3 is 2.19 bits per heavy atom. The quantitative estimate of drug-likeness (QED) is 0.467. The minimum Gasteiger partial charge on any atom is -0.497 e. The minimum atomic E-state index is -1.50. The number of methoxy groups -OCH3 is 1. The van der Waals surface area contributed by atoms with E-state index in [1.54, 1.807) is 24.3 Å². The fourth-order valence-corrected chi connectivity index (χ4v) is 1.90. The molecule has 0 aliphatic heterocycles. The Bertz CT molecular complexity index is 468. The molecule has 1 aromatic carbocycles. The molecule has 0 bridgehead atoms. The van der Waals surface area contributed by atoms with Crippen LogP contribution in [0.5, 0.6) is 5.75 Å². The molecule has 4 atom stereocenters. The molecule has 0 unspecified atom stereocenters. The lowest BCUT2D eigenvalue weighted by Gasteiger charge is -2.24. The largest absolute Gasteiger partial charge is 0.497 e. The average Bonchev–Trinajstić information content (AvgIpc) is 2.50. The van der Waals surface area contributed by atoms with E-state index in [-0.39, 0.29) is 12.2 Å². The van der Waals surface area contributed by atoms with Crippen LogP contribution in [0, 0.1) is 5.92 Å². The molecule has 0 amide bonds. The molecule has 0 radical (unpaired) electrons. The Balaban J connectivity index is 2.75. The van der Waals surface area contributed by atoms with E-state index in [0.29, 0.717) is 17.6 Å². The number of rotatable bonds is 8. The molecule has 3 N–H and O–H groups in total. The molecular formula is C15H20O6. The summed E-state index contributed by atoms with van der Waals surface area (Å²) in [5.41, 5.74) is 0.376. The highest BCUT2D eigenvalue weighted by atomic mass is 16.5. The van der Waals surface area contributed by atoms with Gasteiger partial charge < -0.3 is 24.9 Å². The number of Topliss-reactive ketones (excluding diaryl/α,β-unsaturated/α-hetero) is 1. The second kappa shape index (κ2) is 7.87. The van der Waals surface area contributed by atoms with Gasteiger partial charge in [0.05, 0.1) is 25.2 Å². The molecule has 0 spiro atoms. The summed E-state index contributed by atoms with van der Waals surface area (Å²) >= 11 is 0. The van der Waals surface area contributed by atoms with Gasteiger partial charge in [-0.1, -0.05) is 0 Å². The van der Waals surface area contributed by atoms with Crippen LogP contribution >= 0.6 is 0 Å². The van der Waals surface area contributed by atoms with Crippen molar-refractivity contribution in [2.75, 3.05) is 7.11 Å². The van der Waals surface area contributed by atoms with Gasteiger partial charge in [0.25, 0.3) is 0 Å². The van der Waals surface area contributed by atoms with Crippen LogP contribution in [-0.2, 0) is 4.79 Å². The molecular weight excluding hydrogens is 276 g/mol. The Morgan fingerprint density at radius 2 is 1.76 bits per heavy atom. The molecule has 6 heteroatoms. The summed E-state index contributed by atoms with van der Waals surface area (Å²) < 4.78 is 4.98. The third-order valence-corrected chi connectivity index (χ3v) is 3.29. The van der Waals surface area contributed by atoms with E-state index in [0.717, 1.165) is 0 Å². The molecule has 0 saturated heterocycles. The van der Waals surface area contributed by atoms with E-state index in [2.05, 4.69) is 0 Å². The number of ketones is 1. The van der Waals surface area contributed by atoms with E-state index in [9.17, 15) is 24.9 Å². The molecule has 1 rings (SSSR count). The third-order valence-electron chi connectivity index (χ3n) is 3.29. The average molecular weight is 296 g/mol. The number of hydrogen-bond donors (Lipinski definition) is 3. The van der Waals surface area contributed by atoms with Crippen molar-refractivity contribution in [2.45, 2.75) is 31.7 Å². The number of aldehydes is 1. The standard InChI is InChI=1S/C15H20O6/c1-9(17)14(19)15(20)11(8-16)7-13(18)10-3-5-12(21-2)6-4-10/h3-6,8-9,11,14-15,17,19-20H,7H2,1-2H3/t9-,11+,14+,15-/m0/s1. The zero-order chi connectivity index (χ0) is 16.0. The first kappa shape index (κ1) is 17.3. The van der Waals surface area contributed by atoms with Crippen molar-refractivity contribution in [3.63, 3.8) is 0 Å². The van der Waals surface area contributed by atoms with Gasteiger partial charge in [0.2, 0.25) is 0 Å². The monoisotopic (exact) mass is 296 g/mol. The van der Waals surface area contributed by atoms with Crippen molar-refractivity contribution in [2.24, 2.45) is 5.92 Å². The van der Waals surface area contributed by atoms with E-state index in [1.807, 2.05) is 0 Å². The normalized spacial score (nSPS) is 16.6. The third kappa shape index (κ3) is 4.63. The molecule has 0 saturated carbocycles. The Morgan fingerprint density at radius 1 is 1.19 bits per heavy atom. The predicted octanol–water partition coefficient (Wildman–Crippen LogP) is 0.186. The Labute approximate surface area is 123 Å². The highest BCUT2D eigenvalue weighted by molar-refractivity contribution is 5.97. The summed E-state index contributed by atoms with van der Waals surface area (Å²) in [6.45, 7) is 1.29. The highest BCUT2D eigenvalue weighted by Crippen LogP contribution is 2.18. The molecule has 1 aromatic rings. The van der Waals surface area contributed by atoms with Gasteiger partial charge in [-0.2, -0.15) is 0 Å². The van der Waals surface area contributed by atoms with Gasteiger partial charge in [-0.3, -0.25) is 4.79 Å². The van der Waals surface area contributed by atoms with Gasteiger partial charge in [0.1, 0.15) is 18.1 Å². The van der Waals surface area contributed by atoms with Gasteiger partial charge >= 0.3 is 0 Å². The van der Waals surface area contributed by atoms with Crippen LogP contribution in [0.25, 0.3) is 0 Å². The molecule has 6 nitrogen and oxygen atoms in total. The lowest BCUT2D eigenvalue weighted by atomic mass is 9.90. The Kier molecular flexibility index (Phi) is 6.48. The molecule has 0 aromatic heterocycles. The number of aliphatic hydroxyl groups is 3. The van der Waals surface area contributed by atoms with Gasteiger partial charge in [-0.25, -0.2) is 0 Å². The number of carbonyl (C=O) groups is 2. The predicted molar refractivity (Wildman–Crippen MR) is 75.2 cm³/mol. The van der Waals surface area contributed by atoms with E-state index >= 15 is 0 Å². The number of ether oxygens (including phenoxy) is 1. The van der Waals surface area contributed by atoms with Crippen molar-refractivity contribution < 1.29 is 29.6 Å². The summed E-state index contributed by atoms with van der Waals surface area (Å²) in [7, 11) is 1.51. The van der Waals surface area contributed by atoms with E-state index in [1.165, 1.54) is 14.0 Å². The first-order chi connectivity index (χ1) is 9.90. The first-order valence-electron chi connectivity index (χ1n) is 6.57. The van der Waals surface area contributed by atoms with E-state index < -0.39 is 24.2 Å². The smallest absolute Gasteiger partial charge is 0.163 e. The minimum absolute atomic E-state index is 0.249. The van der Waals surface area contributed by atoms with Crippen LogP contribution in [0.1, 0.15) is 23.7 Å². The number of carbonyl (C=O) groups excluding carboxylic acids is 2. The van der Waals surface area contributed by atoms with Crippen LogP contribution in [0.3, 0.4) is 0 Å². The Hall–Kier alpha value is -1.76. The molecule has 0 heterocycles. The number of benzene rings is 1. The molecule has 0 fully saturated rings. The molecule has 0 aliphatic rings. The summed E-state index contributed by atoms with van der Waals surface area (Å²) in [6.07, 6.45) is -4.01. The van der Waals surface area contributed by atoms with Gasteiger partial charge in [-0.05, 0) is 31.2 Å². The maximum atomic E-state index is 12.1. The van der Waals surface area contributed by atoms with Crippen molar-refractivity contribution in [3.05, 3.63) is 29.8 Å². The van der Waals surface area contributed by atoms with Crippen molar-refractivity contribution in [3.8, 4) is 5.75 Å². The summed E-state index contributed by atoms with van der Waals surface area (Å²) in [6, 6.07) is 6.34. The molecule has 116 valence electrons. The van der Waals surface area contributed by atoms with Gasteiger partial charge in [0, 0.05) is 12.0 Å². The fourth-order valence-electron chi connectivity index (χ4n) is 1.90. The van der Waals surface area contributed by atoms with Crippen molar-refractivity contribution in [1.82, 2.24) is 0 Å². The summed E-state index contributed by atoms with van der Waals surface area (Å²) in [5.74, 6) is -0.821. The van der Waals surface area contributed by atoms with Crippen LogP contribution in [0.2, 0.25) is 0 Å². The lowest BCUT2D eigenvalue weighted by molar-refractivity contribution is -0.121. The second-order valence-corrected chi connectivity index (χ2v) is 4.88. The first-order valence-corrected chi connectivity index (χ1v) is 6.57. The van der Waals surface area contributed by atoms with Gasteiger partial charge in [0.15, 0.2) is 5.78 Å². The fraction of sp³-hybridized carbons (Fsp3) is 0.467. The topological polar surface area (TPSA) is 104 Å². The maximum absolute atomic E-state index is 12.1. The zero-order valence-corrected chi connectivity index (χ0v) is 12.0. The number of aliphatic hydroxyl groups excluding tert-OH is 3. The lowest BCUT2D eigenvalue weighted by Crippen LogP contribution is -2.41. The molecule has 0 aliphatic carbocycles. The van der Waals surface area contributed by atoms with Crippen LogP contribution in [0.4, 0.5) is 0 Å². The van der Waals surface area contributed by atoms with Gasteiger partial charge in [-0.15, -0.1) is 0 Å². The van der Waals surface area contributed by atoms with Crippen LogP contribution in [-0.4, -0.2) is 52.8 Å². The van der Waals surface area contributed by atoms with E-state index in [4.69, 9.17) is 4.74 Å².